The fourth-order valence-electron chi connectivity index (χ4n) is 6.48. The minimum Gasteiger partial charge on any atom is -0.478 e. The summed E-state index contributed by atoms with van der Waals surface area (Å²) in [4.78, 5) is 8.92. The minimum atomic E-state index is -0.00628. The summed E-state index contributed by atoms with van der Waals surface area (Å²) in [6.45, 7) is 1.26. The molecule has 8 heteroatoms. The van der Waals surface area contributed by atoms with E-state index >= 15 is 0 Å². The number of aromatic nitrogens is 2. The first-order valence-electron chi connectivity index (χ1n) is 11.7. The van der Waals surface area contributed by atoms with Gasteiger partial charge in [-0.25, -0.2) is 4.98 Å². The van der Waals surface area contributed by atoms with Crippen molar-refractivity contribution in [2.24, 2.45) is 28.9 Å². The van der Waals surface area contributed by atoms with Crippen molar-refractivity contribution in [2.45, 2.75) is 44.7 Å². The lowest BCUT2D eigenvalue weighted by Crippen LogP contribution is -2.58. The average Bonchev–Trinajstić information content (AvgIpc) is 2.83. The predicted octanol–water partition coefficient (Wildman–Crippen LogP) is 3.43. The van der Waals surface area contributed by atoms with E-state index in [0.717, 1.165) is 18.0 Å². The highest BCUT2D eigenvalue weighted by molar-refractivity contribution is 5.53. The third kappa shape index (κ3) is 4.31. The lowest BCUT2D eigenvalue weighted by atomic mass is 9.48. The van der Waals surface area contributed by atoms with Gasteiger partial charge in [0.1, 0.15) is 29.3 Å². The van der Waals surface area contributed by atoms with Crippen LogP contribution in [0.25, 0.3) is 0 Å². The van der Waals surface area contributed by atoms with Crippen LogP contribution < -0.4 is 21.1 Å². The Bertz CT molecular complexity index is 1090. The number of benzene rings is 1. The molecular weight excluding hydrogens is 414 g/mol. The van der Waals surface area contributed by atoms with Crippen LogP contribution in [0.1, 0.15) is 43.2 Å². The molecule has 4 fully saturated rings. The van der Waals surface area contributed by atoms with Crippen molar-refractivity contribution in [3.8, 4) is 17.9 Å². The standard InChI is InChI=1S/C25H29N7O/c26-5-6-33-21-4-2-1-3-17(21)13-29-24-30-14-20(12-27)23(32-24)31-15-25-9-16-7-18(10-25)22(28)19(8-16)11-25/h1-4,14,16,18-19,22H,6-11,13,15,28H2,(H2,29,30,31,32)/t16?,18-,19?,22?,25?/m1/s1. The fourth-order valence-corrected chi connectivity index (χ4v) is 6.48. The lowest BCUT2D eigenvalue weighted by Gasteiger charge is -2.59. The zero-order chi connectivity index (χ0) is 22.8. The summed E-state index contributed by atoms with van der Waals surface area (Å²) >= 11 is 0. The van der Waals surface area contributed by atoms with E-state index in [9.17, 15) is 5.26 Å². The summed E-state index contributed by atoms with van der Waals surface area (Å²) in [5.41, 5.74) is 8.11. The molecule has 33 heavy (non-hydrogen) atoms. The van der Waals surface area contributed by atoms with Gasteiger partial charge in [-0.2, -0.15) is 15.5 Å². The molecule has 6 rings (SSSR count). The van der Waals surface area contributed by atoms with Crippen molar-refractivity contribution in [1.29, 1.82) is 10.5 Å². The average molecular weight is 444 g/mol. The molecule has 0 amide bonds. The van der Waals surface area contributed by atoms with Gasteiger partial charge in [0.2, 0.25) is 5.95 Å². The second-order valence-corrected chi connectivity index (χ2v) is 9.88. The molecule has 1 aromatic carbocycles. The highest BCUT2D eigenvalue weighted by Crippen LogP contribution is 2.59. The molecule has 4 N–H and O–H groups in total. The second-order valence-electron chi connectivity index (χ2n) is 9.88. The van der Waals surface area contributed by atoms with E-state index in [0.29, 0.717) is 47.5 Å². The Hall–Kier alpha value is -3.36. The highest BCUT2D eigenvalue weighted by atomic mass is 16.5. The monoisotopic (exact) mass is 443 g/mol. The van der Waals surface area contributed by atoms with Gasteiger partial charge in [0.25, 0.3) is 0 Å². The Morgan fingerprint density at radius 1 is 1.12 bits per heavy atom. The summed E-state index contributed by atoms with van der Waals surface area (Å²) in [6.07, 6.45) is 7.72. The first kappa shape index (κ1) is 21.5. The van der Waals surface area contributed by atoms with Gasteiger partial charge in [-0.05, 0) is 61.3 Å². The molecule has 1 aromatic heterocycles. The van der Waals surface area contributed by atoms with Crippen LogP contribution in [0.3, 0.4) is 0 Å². The van der Waals surface area contributed by atoms with Crippen LogP contribution >= 0.6 is 0 Å². The number of para-hydroxylation sites is 1. The lowest BCUT2D eigenvalue weighted by molar-refractivity contribution is -0.0591. The summed E-state index contributed by atoms with van der Waals surface area (Å²) in [7, 11) is 0. The Labute approximate surface area is 194 Å². The van der Waals surface area contributed by atoms with Crippen molar-refractivity contribution in [3.63, 3.8) is 0 Å². The topological polar surface area (TPSA) is 133 Å². The van der Waals surface area contributed by atoms with Gasteiger partial charge in [-0.1, -0.05) is 18.2 Å². The van der Waals surface area contributed by atoms with E-state index in [1.54, 1.807) is 6.20 Å². The minimum absolute atomic E-state index is 0.00628. The molecule has 4 aliphatic carbocycles. The molecule has 170 valence electrons. The maximum Gasteiger partial charge on any atom is 0.224 e. The molecule has 4 bridgehead atoms. The third-order valence-electron chi connectivity index (χ3n) is 7.71. The van der Waals surface area contributed by atoms with Crippen LogP contribution in [0.15, 0.2) is 30.5 Å². The van der Waals surface area contributed by atoms with E-state index in [1.807, 2.05) is 30.3 Å². The number of nitriles is 2. The first-order chi connectivity index (χ1) is 16.1. The van der Waals surface area contributed by atoms with E-state index in [2.05, 4.69) is 26.7 Å². The number of nitrogens with zero attached hydrogens (tertiary/aromatic N) is 4. The smallest absolute Gasteiger partial charge is 0.224 e. The van der Waals surface area contributed by atoms with E-state index in [4.69, 9.17) is 15.7 Å². The van der Waals surface area contributed by atoms with Crippen molar-refractivity contribution >= 4 is 11.8 Å². The summed E-state index contributed by atoms with van der Waals surface area (Å²) in [6, 6.07) is 12.1. The number of rotatable bonds is 8. The molecule has 4 saturated carbocycles. The molecule has 0 aliphatic heterocycles. The van der Waals surface area contributed by atoms with Crippen LogP contribution in [0.4, 0.5) is 11.8 Å². The van der Waals surface area contributed by atoms with Crippen molar-refractivity contribution < 1.29 is 4.74 Å². The van der Waals surface area contributed by atoms with Gasteiger partial charge < -0.3 is 21.1 Å². The summed E-state index contributed by atoms with van der Waals surface area (Å²) in [5.74, 6) is 3.74. The molecule has 1 heterocycles. The normalized spacial score (nSPS) is 29.2. The van der Waals surface area contributed by atoms with Gasteiger partial charge in [0.15, 0.2) is 6.61 Å². The molecule has 0 saturated heterocycles. The van der Waals surface area contributed by atoms with Gasteiger partial charge in [0, 0.05) is 24.7 Å². The maximum atomic E-state index is 9.58. The number of nitrogens with one attached hydrogen (secondary N) is 2. The molecule has 4 unspecified atom stereocenters. The Kier molecular flexibility index (Phi) is 5.78. The third-order valence-corrected chi connectivity index (χ3v) is 7.71. The molecule has 2 aromatic rings. The van der Waals surface area contributed by atoms with E-state index in [1.165, 1.54) is 32.1 Å². The van der Waals surface area contributed by atoms with Gasteiger partial charge in [-0.3, -0.25) is 0 Å². The van der Waals surface area contributed by atoms with E-state index < -0.39 is 0 Å². The van der Waals surface area contributed by atoms with Gasteiger partial charge >= 0.3 is 0 Å². The number of hydrogen-bond donors (Lipinski definition) is 3. The zero-order valence-electron chi connectivity index (χ0n) is 18.6. The molecule has 4 aliphatic rings. The molecular formula is C25H29N7O. The number of ether oxygens (including phenoxy) is 1. The second kappa shape index (κ2) is 8.88. The SMILES string of the molecule is N#CCOc1ccccc1CNc1ncc(C#N)c(NCC23CC4CC(C2)C(N)[C@H](C4)C3)n1. The quantitative estimate of drug-likeness (QED) is 0.565. The summed E-state index contributed by atoms with van der Waals surface area (Å²) < 4.78 is 5.49. The molecule has 0 spiro atoms. The first-order valence-corrected chi connectivity index (χ1v) is 11.7. The number of anilines is 2. The fraction of sp³-hybridized carbons (Fsp3) is 0.520. The molecule has 5 atom stereocenters. The van der Waals surface area contributed by atoms with Crippen LogP contribution in [0.2, 0.25) is 0 Å². The van der Waals surface area contributed by atoms with Gasteiger partial charge in [-0.15, -0.1) is 0 Å². The Morgan fingerprint density at radius 3 is 2.67 bits per heavy atom. The maximum absolute atomic E-state index is 9.58. The van der Waals surface area contributed by atoms with Crippen molar-refractivity contribution in [2.75, 3.05) is 23.8 Å². The largest absolute Gasteiger partial charge is 0.478 e. The number of nitrogens with two attached hydrogens (primary N) is 1. The van der Waals surface area contributed by atoms with E-state index in [-0.39, 0.29) is 12.0 Å². The summed E-state index contributed by atoms with van der Waals surface area (Å²) in [5, 5.41) is 25.1. The van der Waals surface area contributed by atoms with Gasteiger partial charge in [0.05, 0.1) is 6.20 Å². The Morgan fingerprint density at radius 2 is 1.91 bits per heavy atom. The highest BCUT2D eigenvalue weighted by Gasteiger charge is 2.54. The van der Waals surface area contributed by atoms with Crippen molar-refractivity contribution in [3.05, 3.63) is 41.6 Å². The Balaban J connectivity index is 1.27. The van der Waals surface area contributed by atoms with Crippen LogP contribution in [0, 0.1) is 45.8 Å². The van der Waals surface area contributed by atoms with Crippen LogP contribution in [-0.2, 0) is 6.54 Å². The predicted molar refractivity (Wildman–Crippen MR) is 124 cm³/mol. The van der Waals surface area contributed by atoms with Crippen LogP contribution in [0.5, 0.6) is 5.75 Å². The molecule has 8 nitrogen and oxygen atoms in total. The van der Waals surface area contributed by atoms with Crippen molar-refractivity contribution in [1.82, 2.24) is 9.97 Å². The van der Waals surface area contributed by atoms with Crippen LogP contribution in [-0.4, -0.2) is 29.2 Å². The molecule has 0 radical (unpaired) electrons. The zero-order valence-corrected chi connectivity index (χ0v) is 18.6. The number of hydrogen-bond acceptors (Lipinski definition) is 8.